The van der Waals surface area contributed by atoms with E-state index in [1.807, 2.05) is 25.1 Å². The Labute approximate surface area is 142 Å². The number of benzene rings is 2. The highest BCUT2D eigenvalue weighted by molar-refractivity contribution is 6.00. The van der Waals surface area contributed by atoms with E-state index in [9.17, 15) is 4.79 Å². The Hall–Kier alpha value is -2.53. The molecule has 2 rings (SSSR count). The van der Waals surface area contributed by atoms with Crippen LogP contribution in [0, 0.1) is 0 Å². The van der Waals surface area contributed by atoms with E-state index < -0.39 is 0 Å². The predicted molar refractivity (Wildman–Crippen MR) is 95.9 cm³/mol. The van der Waals surface area contributed by atoms with Crippen molar-refractivity contribution in [2.24, 2.45) is 0 Å². The summed E-state index contributed by atoms with van der Waals surface area (Å²) < 4.78 is 10.5. The van der Waals surface area contributed by atoms with Crippen LogP contribution in [-0.2, 0) is 6.42 Å². The van der Waals surface area contributed by atoms with E-state index in [-0.39, 0.29) is 11.8 Å². The summed E-state index contributed by atoms with van der Waals surface area (Å²) >= 11 is 0. The molecule has 0 fully saturated rings. The highest BCUT2D eigenvalue weighted by Crippen LogP contribution is 2.27. The first-order valence-corrected chi connectivity index (χ1v) is 7.89. The number of methoxy groups -OCH3 is 2. The van der Waals surface area contributed by atoms with Gasteiger partial charge >= 0.3 is 0 Å². The summed E-state index contributed by atoms with van der Waals surface area (Å²) in [5, 5.41) is 3.26. The number of anilines is 1. The number of Topliss-reactive ketones (excluding diaryl/α,β-unsaturated/α-hetero) is 1. The SMILES string of the molecule is COc1ccc(CCNC(C)C(=O)c2ccc(N)cc2)cc1OC. The van der Waals surface area contributed by atoms with E-state index in [1.54, 1.807) is 38.5 Å². The molecule has 3 N–H and O–H groups in total. The third kappa shape index (κ3) is 4.49. The van der Waals surface area contributed by atoms with Crippen LogP contribution in [0.3, 0.4) is 0 Å². The molecule has 2 aromatic rings. The van der Waals surface area contributed by atoms with Crippen LogP contribution in [0.4, 0.5) is 5.69 Å². The molecule has 0 aromatic heterocycles. The van der Waals surface area contributed by atoms with Gasteiger partial charge in [-0.05, 0) is 61.9 Å². The molecular weight excluding hydrogens is 304 g/mol. The van der Waals surface area contributed by atoms with Gasteiger partial charge in [-0.25, -0.2) is 0 Å². The summed E-state index contributed by atoms with van der Waals surface area (Å²) in [6, 6.07) is 12.6. The average Bonchev–Trinajstić information content (AvgIpc) is 2.61. The van der Waals surface area contributed by atoms with Crippen molar-refractivity contribution in [3.8, 4) is 11.5 Å². The predicted octanol–water partition coefficient (Wildman–Crippen LogP) is 2.69. The van der Waals surface area contributed by atoms with Crippen molar-refractivity contribution in [3.05, 3.63) is 53.6 Å². The third-order valence-electron chi connectivity index (χ3n) is 3.90. The molecule has 24 heavy (non-hydrogen) atoms. The molecule has 0 radical (unpaired) electrons. The summed E-state index contributed by atoms with van der Waals surface area (Å²) in [5.74, 6) is 1.48. The first-order chi connectivity index (χ1) is 11.5. The molecule has 1 unspecified atom stereocenters. The van der Waals surface area contributed by atoms with Gasteiger partial charge in [-0.1, -0.05) is 6.07 Å². The molecule has 0 spiro atoms. The van der Waals surface area contributed by atoms with Crippen LogP contribution in [-0.4, -0.2) is 32.6 Å². The number of ketones is 1. The van der Waals surface area contributed by atoms with Crippen molar-refractivity contribution in [1.82, 2.24) is 5.32 Å². The molecule has 128 valence electrons. The van der Waals surface area contributed by atoms with Crippen molar-refractivity contribution in [2.45, 2.75) is 19.4 Å². The molecule has 0 heterocycles. The molecule has 0 aliphatic heterocycles. The lowest BCUT2D eigenvalue weighted by molar-refractivity contribution is 0.0951. The molecule has 0 saturated carbocycles. The number of carbonyl (C=O) groups is 1. The molecule has 0 saturated heterocycles. The van der Waals surface area contributed by atoms with Gasteiger partial charge in [0.1, 0.15) is 0 Å². The fourth-order valence-corrected chi connectivity index (χ4v) is 2.46. The largest absolute Gasteiger partial charge is 0.493 e. The Balaban J connectivity index is 1.89. The number of hydrogen-bond acceptors (Lipinski definition) is 5. The Morgan fingerprint density at radius 2 is 1.75 bits per heavy atom. The Morgan fingerprint density at radius 1 is 1.08 bits per heavy atom. The minimum absolute atomic E-state index is 0.0577. The van der Waals surface area contributed by atoms with Crippen LogP contribution in [0.1, 0.15) is 22.8 Å². The minimum atomic E-state index is -0.256. The monoisotopic (exact) mass is 328 g/mol. The Morgan fingerprint density at radius 3 is 2.38 bits per heavy atom. The number of nitrogens with one attached hydrogen (secondary N) is 1. The van der Waals surface area contributed by atoms with Gasteiger partial charge in [0, 0.05) is 11.3 Å². The zero-order valence-electron chi connectivity index (χ0n) is 14.3. The summed E-state index contributed by atoms with van der Waals surface area (Å²) in [5.41, 5.74) is 8.08. The molecule has 0 aliphatic rings. The zero-order valence-corrected chi connectivity index (χ0v) is 14.3. The maximum atomic E-state index is 12.3. The second kappa shape index (κ2) is 8.36. The highest BCUT2D eigenvalue weighted by Gasteiger charge is 2.14. The molecule has 2 aromatic carbocycles. The smallest absolute Gasteiger partial charge is 0.179 e. The molecule has 0 bridgehead atoms. The first kappa shape index (κ1) is 17.8. The fraction of sp³-hybridized carbons (Fsp3) is 0.316. The summed E-state index contributed by atoms with van der Waals surface area (Å²) in [6.07, 6.45) is 0.791. The van der Waals surface area contributed by atoms with Crippen LogP contribution in [0.25, 0.3) is 0 Å². The minimum Gasteiger partial charge on any atom is -0.493 e. The molecular formula is C19H24N2O3. The fourth-order valence-electron chi connectivity index (χ4n) is 2.46. The van der Waals surface area contributed by atoms with Crippen molar-refractivity contribution < 1.29 is 14.3 Å². The van der Waals surface area contributed by atoms with E-state index in [2.05, 4.69) is 5.32 Å². The second-order valence-electron chi connectivity index (χ2n) is 5.60. The normalized spacial score (nSPS) is 11.8. The van der Waals surface area contributed by atoms with Crippen molar-refractivity contribution in [3.63, 3.8) is 0 Å². The van der Waals surface area contributed by atoms with Crippen molar-refractivity contribution in [2.75, 3.05) is 26.5 Å². The lowest BCUT2D eigenvalue weighted by Crippen LogP contribution is -2.35. The number of rotatable bonds is 8. The van der Waals surface area contributed by atoms with Gasteiger partial charge in [-0.3, -0.25) is 4.79 Å². The standard InChI is InChI=1S/C19H24N2O3/c1-13(19(22)15-5-7-16(20)8-6-15)21-11-10-14-4-9-17(23-2)18(12-14)24-3/h4-9,12-13,21H,10-11,20H2,1-3H3. The summed E-state index contributed by atoms with van der Waals surface area (Å²) in [6.45, 7) is 2.56. The van der Waals surface area contributed by atoms with Crippen LogP contribution in [0.2, 0.25) is 0 Å². The van der Waals surface area contributed by atoms with Gasteiger partial charge < -0.3 is 20.5 Å². The Kier molecular flexibility index (Phi) is 6.21. The van der Waals surface area contributed by atoms with Gasteiger partial charge in [0.05, 0.1) is 20.3 Å². The number of nitrogen functional groups attached to an aromatic ring is 1. The zero-order chi connectivity index (χ0) is 17.5. The number of hydrogen-bond donors (Lipinski definition) is 2. The average molecular weight is 328 g/mol. The van der Waals surface area contributed by atoms with Gasteiger partial charge in [0.25, 0.3) is 0 Å². The number of ether oxygens (including phenoxy) is 2. The lowest BCUT2D eigenvalue weighted by Gasteiger charge is -2.14. The first-order valence-electron chi connectivity index (χ1n) is 7.89. The highest BCUT2D eigenvalue weighted by atomic mass is 16.5. The Bertz CT molecular complexity index is 684. The maximum Gasteiger partial charge on any atom is 0.179 e. The van der Waals surface area contributed by atoms with Gasteiger partial charge in [-0.15, -0.1) is 0 Å². The summed E-state index contributed by atoms with van der Waals surface area (Å²) in [4.78, 5) is 12.3. The maximum absolute atomic E-state index is 12.3. The molecule has 5 nitrogen and oxygen atoms in total. The van der Waals surface area contributed by atoms with Gasteiger partial charge in [-0.2, -0.15) is 0 Å². The second-order valence-corrected chi connectivity index (χ2v) is 5.60. The van der Waals surface area contributed by atoms with Gasteiger partial charge in [0.15, 0.2) is 17.3 Å². The quantitative estimate of drug-likeness (QED) is 0.576. The number of nitrogens with two attached hydrogens (primary N) is 1. The van der Waals surface area contributed by atoms with Crippen LogP contribution in [0.15, 0.2) is 42.5 Å². The van der Waals surface area contributed by atoms with Crippen molar-refractivity contribution in [1.29, 1.82) is 0 Å². The summed E-state index contributed by atoms with van der Waals surface area (Å²) in [7, 11) is 3.23. The molecule has 0 aliphatic carbocycles. The lowest BCUT2D eigenvalue weighted by atomic mass is 10.0. The van der Waals surface area contributed by atoms with E-state index >= 15 is 0 Å². The van der Waals surface area contributed by atoms with Crippen molar-refractivity contribution >= 4 is 11.5 Å². The number of carbonyl (C=O) groups excluding carboxylic acids is 1. The topological polar surface area (TPSA) is 73.6 Å². The van der Waals surface area contributed by atoms with Crippen LogP contribution < -0.4 is 20.5 Å². The van der Waals surface area contributed by atoms with E-state index in [0.717, 1.165) is 12.0 Å². The molecule has 0 amide bonds. The molecule has 1 atom stereocenters. The molecule has 5 heteroatoms. The van der Waals surface area contributed by atoms with Crippen LogP contribution >= 0.6 is 0 Å². The van der Waals surface area contributed by atoms with Crippen LogP contribution in [0.5, 0.6) is 11.5 Å². The van der Waals surface area contributed by atoms with E-state index in [0.29, 0.717) is 29.3 Å². The van der Waals surface area contributed by atoms with E-state index in [4.69, 9.17) is 15.2 Å². The van der Waals surface area contributed by atoms with Gasteiger partial charge in [0.2, 0.25) is 0 Å². The third-order valence-corrected chi connectivity index (χ3v) is 3.90. The van der Waals surface area contributed by atoms with E-state index in [1.165, 1.54) is 0 Å².